The van der Waals surface area contributed by atoms with Gasteiger partial charge in [0.15, 0.2) is 0 Å². The fourth-order valence-corrected chi connectivity index (χ4v) is 3.08. The SMILES string of the molecule is CCCC(CNC(=O)Cc1csc(-c2cccc(F)c2)n1)C(=O)O. The topological polar surface area (TPSA) is 79.3 Å². The second-order valence-corrected chi connectivity index (χ2v) is 6.32. The summed E-state index contributed by atoms with van der Waals surface area (Å²) in [5, 5.41) is 14.1. The number of carboxylic acids is 1. The van der Waals surface area contributed by atoms with E-state index in [4.69, 9.17) is 5.11 Å². The van der Waals surface area contributed by atoms with Crippen LogP contribution in [-0.4, -0.2) is 28.5 Å². The Kier molecular flexibility index (Phi) is 6.43. The molecule has 2 aromatic rings. The van der Waals surface area contributed by atoms with Crippen molar-refractivity contribution < 1.29 is 19.1 Å². The van der Waals surface area contributed by atoms with Gasteiger partial charge in [0.25, 0.3) is 0 Å². The van der Waals surface area contributed by atoms with Crippen molar-refractivity contribution in [1.29, 1.82) is 0 Å². The maximum absolute atomic E-state index is 13.2. The number of halogens is 1. The predicted molar refractivity (Wildman–Crippen MR) is 90.3 cm³/mol. The lowest BCUT2D eigenvalue weighted by molar-refractivity contribution is -0.141. The van der Waals surface area contributed by atoms with Crippen LogP contribution in [0.2, 0.25) is 0 Å². The molecule has 2 rings (SSSR count). The molecule has 24 heavy (non-hydrogen) atoms. The van der Waals surface area contributed by atoms with E-state index >= 15 is 0 Å². The van der Waals surface area contributed by atoms with Crippen molar-refractivity contribution in [3.8, 4) is 10.6 Å². The van der Waals surface area contributed by atoms with Gasteiger partial charge in [-0.1, -0.05) is 25.5 Å². The molecule has 0 aliphatic rings. The minimum absolute atomic E-state index is 0.0737. The van der Waals surface area contributed by atoms with Crippen molar-refractivity contribution in [1.82, 2.24) is 10.3 Å². The number of aromatic nitrogens is 1. The quantitative estimate of drug-likeness (QED) is 0.767. The van der Waals surface area contributed by atoms with Gasteiger partial charge in [-0.15, -0.1) is 11.3 Å². The van der Waals surface area contributed by atoms with E-state index < -0.39 is 11.9 Å². The van der Waals surface area contributed by atoms with Crippen LogP contribution in [0.4, 0.5) is 4.39 Å². The standard InChI is InChI=1S/C17H19FN2O3S/c1-2-4-12(17(22)23)9-19-15(21)8-14-10-24-16(20-14)11-5-3-6-13(18)7-11/h3,5-7,10,12H,2,4,8-9H2,1H3,(H,19,21)(H,22,23). The van der Waals surface area contributed by atoms with Crippen LogP contribution in [0, 0.1) is 11.7 Å². The number of amides is 1. The van der Waals surface area contributed by atoms with E-state index in [1.807, 2.05) is 6.92 Å². The molecule has 0 radical (unpaired) electrons. The van der Waals surface area contributed by atoms with E-state index in [9.17, 15) is 14.0 Å². The highest BCUT2D eigenvalue weighted by molar-refractivity contribution is 7.13. The van der Waals surface area contributed by atoms with Crippen LogP contribution in [0.15, 0.2) is 29.6 Å². The lowest BCUT2D eigenvalue weighted by atomic mass is 10.0. The molecule has 5 nitrogen and oxygen atoms in total. The summed E-state index contributed by atoms with van der Waals surface area (Å²) >= 11 is 1.34. The first-order valence-corrected chi connectivity index (χ1v) is 8.57. The van der Waals surface area contributed by atoms with Gasteiger partial charge in [0, 0.05) is 17.5 Å². The second-order valence-electron chi connectivity index (χ2n) is 5.46. The molecule has 0 aliphatic carbocycles. The summed E-state index contributed by atoms with van der Waals surface area (Å²) < 4.78 is 13.2. The van der Waals surface area contributed by atoms with Crippen LogP contribution in [0.3, 0.4) is 0 Å². The summed E-state index contributed by atoms with van der Waals surface area (Å²) in [6.07, 6.45) is 1.34. The first-order valence-electron chi connectivity index (χ1n) is 7.69. The molecule has 0 aliphatic heterocycles. The van der Waals surface area contributed by atoms with Gasteiger partial charge in [0.2, 0.25) is 5.91 Å². The molecule has 1 aromatic carbocycles. The minimum Gasteiger partial charge on any atom is -0.481 e. The molecule has 128 valence electrons. The summed E-state index contributed by atoms with van der Waals surface area (Å²) in [5.41, 5.74) is 1.25. The van der Waals surface area contributed by atoms with Crippen LogP contribution >= 0.6 is 11.3 Å². The van der Waals surface area contributed by atoms with Gasteiger partial charge in [-0.05, 0) is 18.6 Å². The smallest absolute Gasteiger partial charge is 0.308 e. The Bertz CT molecular complexity index is 717. The third-order valence-corrected chi connectivity index (χ3v) is 4.44. The monoisotopic (exact) mass is 350 g/mol. The predicted octanol–water partition coefficient (Wildman–Crippen LogP) is 3.11. The van der Waals surface area contributed by atoms with Gasteiger partial charge >= 0.3 is 5.97 Å². The molecule has 0 saturated heterocycles. The number of nitrogens with one attached hydrogen (secondary N) is 1. The summed E-state index contributed by atoms with van der Waals surface area (Å²) in [6, 6.07) is 6.12. The van der Waals surface area contributed by atoms with E-state index in [1.165, 1.54) is 23.5 Å². The fourth-order valence-electron chi connectivity index (χ4n) is 2.27. The third kappa shape index (κ3) is 5.13. The molecule has 7 heteroatoms. The molecular formula is C17H19FN2O3S. The number of hydrogen-bond acceptors (Lipinski definition) is 4. The number of benzene rings is 1. The van der Waals surface area contributed by atoms with Gasteiger partial charge in [-0.3, -0.25) is 9.59 Å². The molecule has 1 unspecified atom stereocenters. The molecule has 1 aromatic heterocycles. The lowest BCUT2D eigenvalue weighted by Gasteiger charge is -2.11. The average molecular weight is 350 g/mol. The van der Waals surface area contributed by atoms with Crippen LogP contribution < -0.4 is 5.32 Å². The zero-order valence-electron chi connectivity index (χ0n) is 13.3. The number of carbonyl (C=O) groups is 2. The maximum Gasteiger partial charge on any atom is 0.308 e. The van der Waals surface area contributed by atoms with Crippen LogP contribution in [0.5, 0.6) is 0 Å². The second kappa shape index (κ2) is 8.54. The first-order chi connectivity index (χ1) is 11.5. The summed E-state index contributed by atoms with van der Waals surface area (Å²) in [7, 11) is 0. The number of nitrogens with zero attached hydrogens (tertiary/aromatic N) is 1. The van der Waals surface area contributed by atoms with Gasteiger partial charge in [0.1, 0.15) is 10.8 Å². The summed E-state index contributed by atoms with van der Waals surface area (Å²) in [5.74, 6) is -2.08. The number of carbonyl (C=O) groups excluding carboxylic acids is 1. The Balaban J connectivity index is 1.92. The van der Waals surface area contributed by atoms with E-state index in [-0.39, 0.29) is 24.7 Å². The maximum atomic E-state index is 13.2. The van der Waals surface area contributed by atoms with E-state index in [2.05, 4.69) is 10.3 Å². The van der Waals surface area contributed by atoms with Crippen molar-refractivity contribution in [2.24, 2.45) is 5.92 Å². The van der Waals surface area contributed by atoms with Crippen LogP contribution in [0.1, 0.15) is 25.5 Å². The van der Waals surface area contributed by atoms with Crippen molar-refractivity contribution in [2.45, 2.75) is 26.2 Å². The highest BCUT2D eigenvalue weighted by Crippen LogP contribution is 2.24. The van der Waals surface area contributed by atoms with Crippen molar-refractivity contribution in [3.05, 3.63) is 41.2 Å². The summed E-state index contributed by atoms with van der Waals surface area (Å²) in [6.45, 7) is 2.02. The number of carboxylic acid groups (broad SMARTS) is 1. The minimum atomic E-state index is -0.904. The zero-order chi connectivity index (χ0) is 17.5. The molecule has 0 saturated carbocycles. The average Bonchev–Trinajstić information content (AvgIpc) is 2.99. The Morgan fingerprint density at radius 3 is 2.88 bits per heavy atom. The van der Waals surface area contributed by atoms with Gasteiger partial charge in [0.05, 0.1) is 18.0 Å². The molecule has 1 atom stereocenters. The Morgan fingerprint density at radius 1 is 1.42 bits per heavy atom. The van der Waals surface area contributed by atoms with Gasteiger partial charge < -0.3 is 10.4 Å². The van der Waals surface area contributed by atoms with Crippen LogP contribution in [-0.2, 0) is 16.0 Å². The van der Waals surface area contributed by atoms with Crippen molar-refractivity contribution >= 4 is 23.2 Å². The van der Waals surface area contributed by atoms with E-state index in [0.29, 0.717) is 22.7 Å². The highest BCUT2D eigenvalue weighted by Gasteiger charge is 2.17. The fraction of sp³-hybridized carbons (Fsp3) is 0.353. The Labute approximate surface area is 143 Å². The van der Waals surface area contributed by atoms with Gasteiger partial charge in [-0.2, -0.15) is 0 Å². The number of thiazole rings is 1. The highest BCUT2D eigenvalue weighted by atomic mass is 32.1. The number of aliphatic carboxylic acids is 1. The number of rotatable bonds is 8. The molecule has 2 N–H and O–H groups in total. The van der Waals surface area contributed by atoms with Gasteiger partial charge in [-0.25, -0.2) is 9.37 Å². The Hall–Kier alpha value is -2.28. The summed E-state index contributed by atoms with van der Waals surface area (Å²) in [4.78, 5) is 27.3. The Morgan fingerprint density at radius 2 is 2.21 bits per heavy atom. The molecule has 1 amide bonds. The zero-order valence-corrected chi connectivity index (χ0v) is 14.1. The van der Waals surface area contributed by atoms with E-state index in [0.717, 1.165) is 6.42 Å². The van der Waals surface area contributed by atoms with E-state index in [1.54, 1.807) is 17.5 Å². The normalized spacial score (nSPS) is 11.9. The van der Waals surface area contributed by atoms with Crippen LogP contribution in [0.25, 0.3) is 10.6 Å². The largest absolute Gasteiger partial charge is 0.481 e. The molecule has 0 bridgehead atoms. The van der Waals surface area contributed by atoms with Crippen molar-refractivity contribution in [3.63, 3.8) is 0 Å². The number of hydrogen-bond donors (Lipinski definition) is 2. The molecular weight excluding hydrogens is 331 g/mol. The molecule has 1 heterocycles. The first kappa shape index (κ1) is 18.1. The van der Waals surface area contributed by atoms with Crippen molar-refractivity contribution in [2.75, 3.05) is 6.54 Å². The molecule has 0 spiro atoms. The lowest BCUT2D eigenvalue weighted by Crippen LogP contribution is -2.33. The molecule has 0 fully saturated rings. The third-order valence-electron chi connectivity index (χ3n) is 3.50.